The van der Waals surface area contributed by atoms with Crippen molar-refractivity contribution < 1.29 is 17.9 Å². The Labute approximate surface area is 156 Å². The normalized spacial score (nSPS) is 12.6. The van der Waals surface area contributed by atoms with Crippen LogP contribution in [0.15, 0.2) is 65.8 Å². The van der Waals surface area contributed by atoms with E-state index in [-0.39, 0.29) is 11.7 Å². The van der Waals surface area contributed by atoms with Gasteiger partial charge in [0.05, 0.1) is 29.0 Å². The molecule has 3 aromatic rings. The van der Waals surface area contributed by atoms with E-state index in [0.717, 1.165) is 5.69 Å². The summed E-state index contributed by atoms with van der Waals surface area (Å²) in [5, 5.41) is 3.13. The number of hydrogen-bond acceptors (Lipinski definition) is 7. The van der Waals surface area contributed by atoms with Gasteiger partial charge in [-0.2, -0.15) is 0 Å². The molecule has 2 N–H and O–H groups in total. The van der Waals surface area contributed by atoms with E-state index in [9.17, 15) is 8.42 Å². The molecule has 3 heterocycles. The molecule has 1 aliphatic heterocycles. The van der Waals surface area contributed by atoms with Gasteiger partial charge in [0.2, 0.25) is 6.79 Å². The van der Waals surface area contributed by atoms with E-state index in [1.807, 2.05) is 18.2 Å². The third-order valence-electron chi connectivity index (χ3n) is 3.85. The van der Waals surface area contributed by atoms with Gasteiger partial charge in [0.25, 0.3) is 10.0 Å². The monoisotopic (exact) mass is 384 g/mol. The first-order valence-electron chi connectivity index (χ1n) is 8.12. The number of nitrogens with zero attached hydrogens (tertiary/aromatic N) is 2. The summed E-state index contributed by atoms with van der Waals surface area (Å²) in [5.41, 5.74) is 1.24. The fourth-order valence-corrected chi connectivity index (χ4v) is 3.56. The number of anilines is 2. The van der Waals surface area contributed by atoms with Gasteiger partial charge in [-0.05, 0) is 36.4 Å². The molecule has 0 aliphatic carbocycles. The highest BCUT2D eigenvalue weighted by molar-refractivity contribution is 7.92. The Bertz CT molecular complexity index is 1040. The molecule has 4 rings (SSSR count). The molecule has 2 aromatic heterocycles. The third-order valence-corrected chi connectivity index (χ3v) is 5.23. The number of rotatable bonds is 6. The average Bonchev–Trinajstić information content (AvgIpc) is 3.16. The molecule has 1 aliphatic rings. The number of sulfonamides is 1. The Balaban J connectivity index is 1.43. The topological polar surface area (TPSA) is 102 Å². The maximum absolute atomic E-state index is 12.5. The summed E-state index contributed by atoms with van der Waals surface area (Å²) in [6.45, 7) is 0.610. The molecular formula is C18H16N4O4S. The molecule has 0 amide bonds. The van der Waals surface area contributed by atoms with Crippen molar-refractivity contribution in [1.82, 2.24) is 9.97 Å². The maximum atomic E-state index is 12.5. The number of ether oxygens (including phenoxy) is 2. The Morgan fingerprint density at radius 1 is 1.00 bits per heavy atom. The van der Waals surface area contributed by atoms with Gasteiger partial charge < -0.3 is 14.8 Å². The first-order valence-corrected chi connectivity index (χ1v) is 9.61. The predicted molar refractivity (Wildman–Crippen MR) is 99.2 cm³/mol. The molecule has 0 bridgehead atoms. The molecule has 27 heavy (non-hydrogen) atoms. The number of nitrogens with one attached hydrogen (secondary N) is 2. The fourth-order valence-electron chi connectivity index (χ4n) is 2.50. The SMILES string of the molecule is O=S(=O)(Nc1ccc(NCc2ccccn2)nc1)c1ccc2c(c1)OCO2. The van der Waals surface area contributed by atoms with E-state index in [1.54, 1.807) is 24.4 Å². The van der Waals surface area contributed by atoms with Crippen molar-refractivity contribution in [3.63, 3.8) is 0 Å². The Morgan fingerprint density at radius 3 is 2.67 bits per heavy atom. The zero-order chi connectivity index (χ0) is 18.7. The second kappa shape index (κ2) is 7.12. The minimum atomic E-state index is -3.76. The molecule has 0 saturated carbocycles. The quantitative estimate of drug-likeness (QED) is 0.673. The minimum absolute atomic E-state index is 0.0865. The van der Waals surface area contributed by atoms with E-state index >= 15 is 0 Å². The Kier molecular flexibility index (Phi) is 4.51. The molecule has 8 nitrogen and oxygen atoms in total. The second-order valence-corrected chi connectivity index (χ2v) is 7.41. The number of hydrogen-bond donors (Lipinski definition) is 2. The van der Waals surface area contributed by atoms with Crippen molar-refractivity contribution in [2.45, 2.75) is 11.4 Å². The van der Waals surface area contributed by atoms with Gasteiger partial charge >= 0.3 is 0 Å². The summed E-state index contributed by atoms with van der Waals surface area (Å²) in [4.78, 5) is 8.52. The summed E-state index contributed by atoms with van der Waals surface area (Å²) in [6, 6.07) is 13.5. The standard InChI is InChI=1S/C18H16N4O4S/c23-27(24,15-5-6-16-17(9-15)26-12-25-16)22-14-4-7-18(21-11-14)20-10-13-3-1-2-8-19-13/h1-9,11,22H,10,12H2,(H,20,21). The van der Waals surface area contributed by atoms with E-state index in [1.165, 1.54) is 18.3 Å². The second-order valence-electron chi connectivity index (χ2n) is 5.73. The molecule has 0 radical (unpaired) electrons. The highest BCUT2D eigenvalue weighted by atomic mass is 32.2. The van der Waals surface area contributed by atoms with Gasteiger partial charge in [-0.3, -0.25) is 9.71 Å². The van der Waals surface area contributed by atoms with Crippen LogP contribution in [0.5, 0.6) is 11.5 Å². The van der Waals surface area contributed by atoms with Crippen LogP contribution in [0.1, 0.15) is 5.69 Å². The molecule has 9 heteroatoms. The number of fused-ring (bicyclic) bond motifs is 1. The van der Waals surface area contributed by atoms with Crippen molar-refractivity contribution in [1.29, 1.82) is 0 Å². The zero-order valence-corrected chi connectivity index (χ0v) is 14.9. The molecule has 0 saturated heterocycles. The predicted octanol–water partition coefficient (Wildman–Crippen LogP) is 2.62. The van der Waals surface area contributed by atoms with Crippen LogP contribution >= 0.6 is 0 Å². The van der Waals surface area contributed by atoms with Crippen LogP contribution in [-0.2, 0) is 16.6 Å². The molecule has 0 spiro atoms. The van der Waals surface area contributed by atoms with Crippen LogP contribution in [0.3, 0.4) is 0 Å². The van der Waals surface area contributed by atoms with Crippen LogP contribution in [-0.4, -0.2) is 25.2 Å². The molecule has 1 aromatic carbocycles. The molecular weight excluding hydrogens is 368 g/mol. The fraction of sp³-hybridized carbons (Fsp3) is 0.111. The highest BCUT2D eigenvalue weighted by Crippen LogP contribution is 2.34. The third kappa shape index (κ3) is 3.93. The van der Waals surface area contributed by atoms with Gasteiger partial charge in [0.15, 0.2) is 11.5 Å². The van der Waals surface area contributed by atoms with E-state index in [4.69, 9.17) is 9.47 Å². The van der Waals surface area contributed by atoms with E-state index in [2.05, 4.69) is 20.0 Å². The molecule has 0 unspecified atom stereocenters. The number of pyridine rings is 2. The van der Waals surface area contributed by atoms with Gasteiger partial charge in [0.1, 0.15) is 5.82 Å². The largest absolute Gasteiger partial charge is 0.454 e. The Hall–Kier alpha value is -3.33. The lowest BCUT2D eigenvalue weighted by atomic mass is 10.3. The number of aromatic nitrogens is 2. The summed E-state index contributed by atoms with van der Waals surface area (Å²) in [5.74, 6) is 1.55. The summed E-state index contributed by atoms with van der Waals surface area (Å²) in [6.07, 6.45) is 3.17. The summed E-state index contributed by atoms with van der Waals surface area (Å²) < 4.78 is 38.0. The first kappa shape index (κ1) is 17.1. The zero-order valence-electron chi connectivity index (χ0n) is 14.1. The highest BCUT2D eigenvalue weighted by Gasteiger charge is 2.20. The van der Waals surface area contributed by atoms with Gasteiger partial charge in [-0.1, -0.05) is 6.07 Å². The van der Waals surface area contributed by atoms with Crippen LogP contribution in [0.4, 0.5) is 11.5 Å². The molecule has 0 atom stereocenters. The van der Waals surface area contributed by atoms with Crippen LogP contribution in [0.25, 0.3) is 0 Å². The van der Waals surface area contributed by atoms with Crippen molar-refractivity contribution >= 4 is 21.5 Å². The summed E-state index contributed by atoms with van der Waals surface area (Å²) in [7, 11) is -3.76. The van der Waals surface area contributed by atoms with Crippen molar-refractivity contribution in [3.8, 4) is 11.5 Å². The maximum Gasteiger partial charge on any atom is 0.262 e. The first-order chi connectivity index (χ1) is 13.1. The van der Waals surface area contributed by atoms with Crippen LogP contribution in [0, 0.1) is 0 Å². The lowest BCUT2D eigenvalue weighted by molar-refractivity contribution is 0.174. The van der Waals surface area contributed by atoms with E-state index in [0.29, 0.717) is 29.5 Å². The smallest absolute Gasteiger partial charge is 0.262 e. The average molecular weight is 384 g/mol. The number of benzene rings is 1. The Morgan fingerprint density at radius 2 is 1.89 bits per heavy atom. The lowest BCUT2D eigenvalue weighted by Crippen LogP contribution is -2.13. The van der Waals surface area contributed by atoms with Crippen molar-refractivity contribution in [3.05, 3.63) is 66.6 Å². The van der Waals surface area contributed by atoms with Gasteiger partial charge in [0, 0.05) is 12.3 Å². The van der Waals surface area contributed by atoms with Gasteiger partial charge in [-0.15, -0.1) is 0 Å². The minimum Gasteiger partial charge on any atom is -0.454 e. The van der Waals surface area contributed by atoms with Crippen LogP contribution in [0.2, 0.25) is 0 Å². The van der Waals surface area contributed by atoms with Crippen LogP contribution < -0.4 is 19.5 Å². The molecule has 138 valence electrons. The van der Waals surface area contributed by atoms with Crippen molar-refractivity contribution in [2.75, 3.05) is 16.8 Å². The summed E-state index contributed by atoms with van der Waals surface area (Å²) >= 11 is 0. The van der Waals surface area contributed by atoms with E-state index < -0.39 is 10.0 Å². The van der Waals surface area contributed by atoms with Crippen molar-refractivity contribution in [2.24, 2.45) is 0 Å². The molecule has 0 fully saturated rings. The van der Waals surface area contributed by atoms with Gasteiger partial charge in [-0.25, -0.2) is 13.4 Å². The lowest BCUT2D eigenvalue weighted by Gasteiger charge is -2.10.